The van der Waals surface area contributed by atoms with E-state index in [2.05, 4.69) is 16.4 Å². The molecule has 0 radical (unpaired) electrons. The molecule has 1 N–H and O–H groups in total. The average Bonchev–Trinajstić information content (AvgIpc) is 2.72. The number of nitrogens with one attached hydrogen (secondary N) is 1. The van der Waals surface area contributed by atoms with E-state index in [0.717, 1.165) is 4.88 Å². The van der Waals surface area contributed by atoms with Gasteiger partial charge in [0.2, 0.25) is 0 Å². The molecule has 2 rings (SSSR count). The largest absolute Gasteiger partial charge is 0.379 e. The Morgan fingerprint density at radius 2 is 2.33 bits per heavy atom. The van der Waals surface area contributed by atoms with Crippen molar-refractivity contribution in [2.24, 2.45) is 0 Å². The summed E-state index contributed by atoms with van der Waals surface area (Å²) >= 11 is 7.06. The summed E-state index contributed by atoms with van der Waals surface area (Å²) in [5.74, 6) is -0.365. The van der Waals surface area contributed by atoms with Gasteiger partial charge in [-0.25, -0.2) is 9.37 Å². The molecular weight excluding hydrogens is 273 g/mol. The van der Waals surface area contributed by atoms with Crippen LogP contribution in [-0.2, 0) is 6.54 Å². The molecule has 3 nitrogen and oxygen atoms in total. The maximum absolute atomic E-state index is 13.3. The van der Waals surface area contributed by atoms with Crippen molar-refractivity contribution in [3.63, 3.8) is 0 Å². The molecule has 0 bridgehead atoms. The summed E-state index contributed by atoms with van der Waals surface area (Å²) in [6, 6.07) is 4.72. The highest BCUT2D eigenvalue weighted by Crippen LogP contribution is 2.23. The van der Waals surface area contributed by atoms with Crippen LogP contribution in [0, 0.1) is 24.1 Å². The lowest BCUT2D eigenvalue weighted by molar-refractivity contribution is 0.627. The second-order valence-corrected chi connectivity index (χ2v) is 5.39. The quantitative estimate of drug-likeness (QED) is 0.932. The molecule has 0 saturated heterocycles. The second kappa shape index (κ2) is 5.34. The average molecular weight is 282 g/mol. The van der Waals surface area contributed by atoms with E-state index < -0.39 is 0 Å². The standard InChI is InChI=1S/C12H9ClFN3S/c1-7-2-8(14)3-11(10(7)4-15)16-5-9-6-17-12(13)18-9/h2-3,6,16H,5H2,1H3. The van der Waals surface area contributed by atoms with Crippen molar-refractivity contribution in [1.82, 2.24) is 4.98 Å². The molecule has 1 aromatic carbocycles. The Kier molecular flexibility index (Phi) is 3.80. The van der Waals surface area contributed by atoms with Crippen LogP contribution in [-0.4, -0.2) is 4.98 Å². The molecule has 1 aromatic heterocycles. The van der Waals surface area contributed by atoms with Gasteiger partial charge in [-0.15, -0.1) is 11.3 Å². The third kappa shape index (κ3) is 2.78. The van der Waals surface area contributed by atoms with Gasteiger partial charge >= 0.3 is 0 Å². The fourth-order valence-electron chi connectivity index (χ4n) is 1.58. The highest BCUT2D eigenvalue weighted by atomic mass is 35.5. The first-order chi connectivity index (χ1) is 8.60. The van der Waals surface area contributed by atoms with Gasteiger partial charge < -0.3 is 5.32 Å². The Hall–Kier alpha value is -1.64. The van der Waals surface area contributed by atoms with Crippen LogP contribution >= 0.6 is 22.9 Å². The summed E-state index contributed by atoms with van der Waals surface area (Å²) < 4.78 is 13.8. The highest BCUT2D eigenvalue weighted by molar-refractivity contribution is 7.15. The van der Waals surface area contributed by atoms with Crippen LogP contribution in [0.4, 0.5) is 10.1 Å². The summed E-state index contributed by atoms with van der Waals surface area (Å²) in [6.07, 6.45) is 1.65. The highest BCUT2D eigenvalue weighted by Gasteiger charge is 2.08. The smallest absolute Gasteiger partial charge is 0.183 e. The monoisotopic (exact) mass is 281 g/mol. The first-order valence-electron chi connectivity index (χ1n) is 5.14. The second-order valence-electron chi connectivity index (χ2n) is 3.69. The molecule has 0 aliphatic carbocycles. The minimum absolute atomic E-state index is 0.365. The van der Waals surface area contributed by atoms with E-state index in [1.54, 1.807) is 13.1 Å². The Balaban J connectivity index is 2.21. The van der Waals surface area contributed by atoms with Crippen molar-refractivity contribution >= 4 is 28.6 Å². The van der Waals surface area contributed by atoms with Crippen LogP contribution in [0.5, 0.6) is 0 Å². The maximum atomic E-state index is 13.3. The number of hydrogen-bond donors (Lipinski definition) is 1. The van der Waals surface area contributed by atoms with E-state index in [1.165, 1.54) is 23.5 Å². The zero-order valence-corrected chi connectivity index (χ0v) is 11.1. The topological polar surface area (TPSA) is 48.7 Å². The predicted molar refractivity (Wildman–Crippen MR) is 70.3 cm³/mol. The number of anilines is 1. The minimum atomic E-state index is -0.365. The van der Waals surface area contributed by atoms with Crippen LogP contribution in [0.2, 0.25) is 4.47 Å². The molecule has 2 aromatic rings. The van der Waals surface area contributed by atoms with Crippen LogP contribution in [0.1, 0.15) is 16.0 Å². The third-order valence-corrected chi connectivity index (χ3v) is 3.51. The molecule has 18 heavy (non-hydrogen) atoms. The van der Waals surface area contributed by atoms with Gasteiger partial charge in [-0.3, -0.25) is 0 Å². The molecule has 0 aliphatic heterocycles. The molecule has 0 aliphatic rings. The van der Waals surface area contributed by atoms with Crippen LogP contribution in [0.3, 0.4) is 0 Å². The van der Waals surface area contributed by atoms with E-state index in [9.17, 15) is 4.39 Å². The lowest BCUT2D eigenvalue weighted by atomic mass is 10.1. The first-order valence-corrected chi connectivity index (χ1v) is 6.34. The molecule has 0 spiro atoms. The maximum Gasteiger partial charge on any atom is 0.183 e. The van der Waals surface area contributed by atoms with Gasteiger partial charge in [0.15, 0.2) is 4.47 Å². The van der Waals surface area contributed by atoms with E-state index in [4.69, 9.17) is 16.9 Å². The third-order valence-electron chi connectivity index (χ3n) is 2.39. The van der Waals surface area contributed by atoms with Crippen molar-refractivity contribution in [2.45, 2.75) is 13.5 Å². The summed E-state index contributed by atoms with van der Waals surface area (Å²) in [6.45, 7) is 2.17. The fourth-order valence-corrected chi connectivity index (χ4v) is 2.50. The summed E-state index contributed by atoms with van der Waals surface area (Å²) in [7, 11) is 0. The molecule has 0 unspecified atom stereocenters. The van der Waals surface area contributed by atoms with Gasteiger partial charge in [-0.2, -0.15) is 5.26 Å². The lowest BCUT2D eigenvalue weighted by Gasteiger charge is -2.09. The number of aromatic nitrogens is 1. The van der Waals surface area contributed by atoms with Crippen LogP contribution in [0.25, 0.3) is 0 Å². The van der Waals surface area contributed by atoms with Crippen molar-refractivity contribution in [3.05, 3.63) is 44.6 Å². The van der Waals surface area contributed by atoms with Crippen molar-refractivity contribution in [3.8, 4) is 6.07 Å². The summed E-state index contributed by atoms with van der Waals surface area (Å²) in [5.41, 5.74) is 1.55. The zero-order valence-electron chi connectivity index (χ0n) is 9.50. The Labute approximate surface area is 113 Å². The molecule has 1 heterocycles. The van der Waals surface area contributed by atoms with E-state index in [1.807, 2.05) is 0 Å². The van der Waals surface area contributed by atoms with Gasteiger partial charge in [0.05, 0.1) is 17.8 Å². The molecule has 0 fully saturated rings. The van der Waals surface area contributed by atoms with Gasteiger partial charge in [0.1, 0.15) is 11.9 Å². The lowest BCUT2D eigenvalue weighted by Crippen LogP contribution is -2.02. The summed E-state index contributed by atoms with van der Waals surface area (Å²) in [5, 5.41) is 12.1. The van der Waals surface area contributed by atoms with Crippen LogP contribution in [0.15, 0.2) is 18.3 Å². The molecule has 92 valence electrons. The normalized spacial score (nSPS) is 10.1. The van der Waals surface area contributed by atoms with E-state index in [0.29, 0.717) is 27.8 Å². The number of thiazole rings is 1. The van der Waals surface area contributed by atoms with Gasteiger partial charge in [-0.1, -0.05) is 11.6 Å². The van der Waals surface area contributed by atoms with E-state index >= 15 is 0 Å². The zero-order chi connectivity index (χ0) is 13.1. The van der Waals surface area contributed by atoms with Crippen molar-refractivity contribution in [1.29, 1.82) is 5.26 Å². The number of nitriles is 1. The molecule has 0 saturated carbocycles. The van der Waals surface area contributed by atoms with Crippen molar-refractivity contribution in [2.75, 3.05) is 5.32 Å². The van der Waals surface area contributed by atoms with Gasteiger partial charge in [-0.05, 0) is 24.6 Å². The van der Waals surface area contributed by atoms with Gasteiger partial charge in [0.25, 0.3) is 0 Å². The summed E-state index contributed by atoms with van der Waals surface area (Å²) in [4.78, 5) is 4.83. The number of rotatable bonds is 3. The van der Waals surface area contributed by atoms with Gasteiger partial charge in [0, 0.05) is 11.1 Å². The SMILES string of the molecule is Cc1cc(F)cc(NCc2cnc(Cl)s2)c1C#N. The Morgan fingerprint density at radius 1 is 1.56 bits per heavy atom. The molecular formula is C12H9ClFN3S. The Morgan fingerprint density at radius 3 is 2.94 bits per heavy atom. The molecule has 0 atom stereocenters. The number of nitrogens with zero attached hydrogens (tertiary/aromatic N) is 2. The number of halogens is 2. The minimum Gasteiger partial charge on any atom is -0.379 e. The van der Waals surface area contributed by atoms with Crippen molar-refractivity contribution < 1.29 is 4.39 Å². The van der Waals surface area contributed by atoms with E-state index in [-0.39, 0.29) is 5.82 Å². The number of benzene rings is 1. The number of aryl methyl sites for hydroxylation is 1. The molecule has 0 amide bonds. The fraction of sp³-hybridized carbons (Fsp3) is 0.167. The van der Waals surface area contributed by atoms with Crippen LogP contribution < -0.4 is 5.32 Å². The molecule has 6 heteroatoms. The number of hydrogen-bond acceptors (Lipinski definition) is 4. The predicted octanol–water partition coefficient (Wildman–Crippen LogP) is 3.73. The Bertz CT molecular complexity index is 618. The first kappa shape index (κ1) is 12.8.